The Morgan fingerprint density at radius 3 is 2.38 bits per heavy atom. The van der Waals surface area contributed by atoms with E-state index in [1.807, 2.05) is 0 Å². The summed E-state index contributed by atoms with van der Waals surface area (Å²) in [4.78, 5) is 24.9. The molecule has 0 spiro atoms. The number of hydrogen-bond acceptors (Lipinski definition) is 2. The number of aryl methyl sites for hydroxylation is 1. The van der Waals surface area contributed by atoms with Gasteiger partial charge in [-0.3, -0.25) is 9.59 Å². The fourth-order valence-electron chi connectivity index (χ4n) is 2.38. The fraction of sp³-hybridized carbons (Fsp3) is 0.222. The van der Waals surface area contributed by atoms with Gasteiger partial charge in [0.15, 0.2) is 0 Å². The molecule has 138 valence electrons. The van der Waals surface area contributed by atoms with Gasteiger partial charge >= 0.3 is 6.18 Å². The highest BCUT2D eigenvalue weighted by Gasteiger charge is 2.36. The number of alkyl halides is 3. The highest BCUT2D eigenvalue weighted by atomic mass is 35.5. The van der Waals surface area contributed by atoms with Crippen LogP contribution >= 0.6 is 11.6 Å². The van der Waals surface area contributed by atoms with E-state index in [1.54, 1.807) is 31.2 Å². The second-order valence-electron chi connectivity index (χ2n) is 5.63. The molecule has 2 rings (SSSR count). The molecule has 0 saturated heterocycles. The van der Waals surface area contributed by atoms with Gasteiger partial charge in [0.2, 0.25) is 11.8 Å². The second kappa shape index (κ2) is 7.78. The first-order chi connectivity index (χ1) is 12.1. The van der Waals surface area contributed by atoms with Crippen molar-refractivity contribution in [2.45, 2.75) is 20.0 Å². The highest BCUT2D eigenvalue weighted by molar-refractivity contribution is 6.30. The smallest absolute Gasteiger partial charge is 0.324 e. The third-order valence-electron chi connectivity index (χ3n) is 3.66. The Bertz CT molecular complexity index is 837. The summed E-state index contributed by atoms with van der Waals surface area (Å²) in [6.45, 7) is 2.31. The number of para-hydroxylation sites is 1. The lowest BCUT2D eigenvalue weighted by atomic mass is 10.1. The maximum atomic E-state index is 13.3. The van der Waals surface area contributed by atoms with Crippen LogP contribution in [0.3, 0.4) is 0 Å². The molecule has 8 heteroatoms. The van der Waals surface area contributed by atoms with E-state index in [0.29, 0.717) is 5.69 Å². The minimum Gasteiger partial charge on any atom is -0.324 e. The number of nitrogens with zero attached hydrogens (tertiary/aromatic N) is 1. The minimum atomic E-state index is -4.72. The number of benzene rings is 2. The van der Waals surface area contributed by atoms with Crippen LogP contribution in [0.5, 0.6) is 0 Å². The third-order valence-corrected chi connectivity index (χ3v) is 3.89. The van der Waals surface area contributed by atoms with Crippen LogP contribution in [0.15, 0.2) is 42.5 Å². The van der Waals surface area contributed by atoms with Gasteiger partial charge in [-0.05, 0) is 36.8 Å². The zero-order chi connectivity index (χ0) is 19.5. The predicted octanol–water partition coefficient (Wildman–Crippen LogP) is 4.66. The van der Waals surface area contributed by atoms with E-state index in [4.69, 9.17) is 11.6 Å². The summed E-state index contributed by atoms with van der Waals surface area (Å²) in [6.07, 6.45) is -4.72. The third kappa shape index (κ3) is 4.76. The Kier molecular flexibility index (Phi) is 5.92. The molecule has 0 aliphatic heterocycles. The Morgan fingerprint density at radius 1 is 1.15 bits per heavy atom. The van der Waals surface area contributed by atoms with Gasteiger partial charge < -0.3 is 10.2 Å². The number of carbonyl (C=O) groups excluding carboxylic acids is 2. The first kappa shape index (κ1) is 19.8. The normalized spacial score (nSPS) is 11.2. The molecule has 26 heavy (non-hydrogen) atoms. The molecular formula is C18H16ClF3N2O2. The summed E-state index contributed by atoms with van der Waals surface area (Å²) in [5.41, 5.74) is -0.191. The molecule has 0 bridgehead atoms. The number of halogens is 4. The Morgan fingerprint density at radius 2 is 1.81 bits per heavy atom. The van der Waals surface area contributed by atoms with Crippen LogP contribution in [-0.4, -0.2) is 18.4 Å². The molecule has 0 aliphatic rings. The zero-order valence-corrected chi connectivity index (χ0v) is 14.8. The summed E-state index contributed by atoms with van der Waals surface area (Å²) in [5.74, 6) is -1.31. The molecule has 2 aromatic carbocycles. The summed E-state index contributed by atoms with van der Waals surface area (Å²) in [7, 11) is 0. The van der Waals surface area contributed by atoms with Crippen molar-refractivity contribution < 1.29 is 22.8 Å². The van der Waals surface area contributed by atoms with Crippen molar-refractivity contribution in [1.29, 1.82) is 0 Å². The number of anilines is 2. The van der Waals surface area contributed by atoms with E-state index in [2.05, 4.69) is 5.32 Å². The summed E-state index contributed by atoms with van der Waals surface area (Å²) >= 11 is 5.65. The van der Waals surface area contributed by atoms with Crippen LogP contribution in [0.1, 0.15) is 18.1 Å². The first-order valence-electron chi connectivity index (χ1n) is 7.60. The monoisotopic (exact) mass is 384 g/mol. The van der Waals surface area contributed by atoms with E-state index in [0.717, 1.165) is 29.5 Å². The Balaban J connectivity index is 2.32. The molecule has 0 heterocycles. The topological polar surface area (TPSA) is 49.4 Å². The lowest BCUT2D eigenvalue weighted by molar-refractivity contribution is -0.137. The van der Waals surface area contributed by atoms with Crippen LogP contribution < -0.4 is 10.2 Å². The van der Waals surface area contributed by atoms with E-state index < -0.39 is 35.8 Å². The van der Waals surface area contributed by atoms with Gasteiger partial charge in [-0.25, -0.2) is 0 Å². The van der Waals surface area contributed by atoms with E-state index in [1.165, 1.54) is 6.07 Å². The second-order valence-corrected chi connectivity index (χ2v) is 6.06. The highest BCUT2D eigenvalue weighted by Crippen LogP contribution is 2.38. The molecular weight excluding hydrogens is 369 g/mol. The summed E-state index contributed by atoms with van der Waals surface area (Å²) in [5, 5.41) is 2.48. The van der Waals surface area contributed by atoms with Crippen molar-refractivity contribution in [3.05, 3.63) is 58.6 Å². The van der Waals surface area contributed by atoms with Crippen LogP contribution in [0.4, 0.5) is 24.5 Å². The maximum Gasteiger partial charge on any atom is 0.418 e. The average Bonchev–Trinajstić information content (AvgIpc) is 2.54. The van der Waals surface area contributed by atoms with Crippen molar-refractivity contribution in [2.75, 3.05) is 16.8 Å². The number of amides is 2. The van der Waals surface area contributed by atoms with Gasteiger partial charge in [0, 0.05) is 17.6 Å². The van der Waals surface area contributed by atoms with Crippen molar-refractivity contribution in [2.24, 2.45) is 0 Å². The SMILES string of the molecule is CC(=O)N(CC(=O)Nc1ccccc1C)c1ccc(Cl)cc1C(F)(F)F. The van der Waals surface area contributed by atoms with Crippen LogP contribution in [0, 0.1) is 6.92 Å². The number of hydrogen-bond donors (Lipinski definition) is 1. The van der Waals surface area contributed by atoms with Crippen molar-refractivity contribution >= 4 is 34.8 Å². The number of rotatable bonds is 4. The largest absolute Gasteiger partial charge is 0.418 e. The van der Waals surface area contributed by atoms with Gasteiger partial charge in [0.05, 0.1) is 11.3 Å². The summed E-state index contributed by atoms with van der Waals surface area (Å²) < 4.78 is 39.9. The van der Waals surface area contributed by atoms with Gasteiger partial charge in [0.1, 0.15) is 6.54 Å². The predicted molar refractivity (Wildman–Crippen MR) is 94.3 cm³/mol. The van der Waals surface area contributed by atoms with E-state index in [-0.39, 0.29) is 5.02 Å². The van der Waals surface area contributed by atoms with Crippen LogP contribution in [-0.2, 0) is 15.8 Å². The van der Waals surface area contributed by atoms with Gasteiger partial charge in [-0.1, -0.05) is 29.8 Å². The van der Waals surface area contributed by atoms with Gasteiger partial charge in [-0.2, -0.15) is 13.2 Å². The summed E-state index contributed by atoms with van der Waals surface area (Å²) in [6, 6.07) is 9.98. The van der Waals surface area contributed by atoms with E-state index in [9.17, 15) is 22.8 Å². The molecule has 4 nitrogen and oxygen atoms in total. The Labute approximate surface area is 153 Å². The lowest BCUT2D eigenvalue weighted by Gasteiger charge is -2.24. The Hall–Kier alpha value is -2.54. The molecule has 0 aromatic heterocycles. The molecule has 2 aromatic rings. The molecule has 0 fully saturated rings. The average molecular weight is 385 g/mol. The van der Waals surface area contributed by atoms with Crippen molar-refractivity contribution in [1.82, 2.24) is 0 Å². The molecule has 1 N–H and O–H groups in total. The minimum absolute atomic E-state index is 0.117. The van der Waals surface area contributed by atoms with Crippen molar-refractivity contribution in [3.63, 3.8) is 0 Å². The number of carbonyl (C=O) groups is 2. The molecule has 0 radical (unpaired) electrons. The quantitative estimate of drug-likeness (QED) is 0.833. The standard InChI is InChI=1S/C18H16ClF3N2O2/c1-11-5-3-4-6-15(11)23-17(26)10-24(12(2)25)16-8-7-13(19)9-14(16)18(20,21)22/h3-9H,10H2,1-2H3,(H,23,26). The lowest BCUT2D eigenvalue weighted by Crippen LogP contribution is -2.38. The molecule has 0 unspecified atom stereocenters. The zero-order valence-electron chi connectivity index (χ0n) is 14.0. The van der Waals surface area contributed by atoms with Gasteiger partial charge in [0.25, 0.3) is 0 Å². The maximum absolute atomic E-state index is 13.3. The van der Waals surface area contributed by atoms with E-state index >= 15 is 0 Å². The van der Waals surface area contributed by atoms with Crippen molar-refractivity contribution in [3.8, 4) is 0 Å². The van der Waals surface area contributed by atoms with Crippen LogP contribution in [0.25, 0.3) is 0 Å². The molecule has 0 saturated carbocycles. The molecule has 2 amide bonds. The molecule has 0 atom stereocenters. The molecule has 0 aliphatic carbocycles. The number of nitrogens with one attached hydrogen (secondary N) is 1. The van der Waals surface area contributed by atoms with Gasteiger partial charge in [-0.15, -0.1) is 0 Å². The van der Waals surface area contributed by atoms with Crippen LogP contribution in [0.2, 0.25) is 5.02 Å². The fourth-order valence-corrected chi connectivity index (χ4v) is 2.56. The first-order valence-corrected chi connectivity index (χ1v) is 7.97.